The summed E-state index contributed by atoms with van der Waals surface area (Å²) in [5.41, 5.74) is 2.47. The zero-order valence-electron chi connectivity index (χ0n) is 13.8. The van der Waals surface area contributed by atoms with Crippen molar-refractivity contribution in [2.75, 3.05) is 11.9 Å². The predicted octanol–water partition coefficient (Wildman–Crippen LogP) is 3.66. The number of hydrazone groups is 1. The van der Waals surface area contributed by atoms with Crippen molar-refractivity contribution >= 4 is 39.1 Å². The number of amides is 2. The highest BCUT2D eigenvalue weighted by molar-refractivity contribution is 9.10. The number of hydrogen-bond donors (Lipinski definition) is 1. The maximum atomic E-state index is 12.4. The van der Waals surface area contributed by atoms with Gasteiger partial charge in [-0.05, 0) is 29.8 Å². The molecule has 2 aromatic rings. The van der Waals surface area contributed by atoms with E-state index in [-0.39, 0.29) is 24.3 Å². The topological polar surface area (TPSA) is 61.8 Å². The average Bonchev–Trinajstić information content (AvgIpc) is 2.61. The van der Waals surface area contributed by atoms with Gasteiger partial charge in [-0.1, -0.05) is 53.2 Å². The largest absolute Gasteiger partial charge is 0.324 e. The van der Waals surface area contributed by atoms with E-state index in [2.05, 4.69) is 26.3 Å². The van der Waals surface area contributed by atoms with Crippen LogP contribution in [0.5, 0.6) is 0 Å². The van der Waals surface area contributed by atoms with Gasteiger partial charge in [0.2, 0.25) is 11.8 Å². The fourth-order valence-electron chi connectivity index (χ4n) is 2.66. The third kappa shape index (κ3) is 4.33. The maximum Gasteiger partial charge on any atom is 0.246 e. The molecule has 2 amide bonds. The van der Waals surface area contributed by atoms with Crippen LogP contribution in [-0.2, 0) is 9.59 Å². The van der Waals surface area contributed by atoms with Crippen molar-refractivity contribution in [3.05, 3.63) is 64.6 Å². The van der Waals surface area contributed by atoms with Crippen LogP contribution >= 0.6 is 15.9 Å². The number of nitrogens with one attached hydrogen (secondary N) is 1. The second-order valence-corrected chi connectivity index (χ2v) is 6.88. The molecule has 0 fully saturated rings. The molecule has 2 aromatic carbocycles. The highest BCUT2D eigenvalue weighted by Gasteiger charge is 2.29. The van der Waals surface area contributed by atoms with Crippen LogP contribution in [-0.4, -0.2) is 29.1 Å². The van der Waals surface area contributed by atoms with Crippen molar-refractivity contribution < 1.29 is 9.59 Å². The van der Waals surface area contributed by atoms with E-state index in [1.807, 2.05) is 49.4 Å². The van der Waals surface area contributed by atoms with Crippen molar-refractivity contribution in [2.24, 2.45) is 11.0 Å². The molecule has 25 heavy (non-hydrogen) atoms. The van der Waals surface area contributed by atoms with Crippen molar-refractivity contribution in [3.63, 3.8) is 0 Å². The SMILES string of the molecule is C[C@H]1CC(c2ccccc2)=NN(CC(=O)Nc2ccc(Br)cc2)C1=O. The molecule has 0 saturated heterocycles. The van der Waals surface area contributed by atoms with Gasteiger partial charge in [0.15, 0.2) is 0 Å². The highest BCUT2D eigenvalue weighted by Crippen LogP contribution is 2.20. The van der Waals surface area contributed by atoms with E-state index in [4.69, 9.17) is 0 Å². The van der Waals surface area contributed by atoms with Gasteiger partial charge >= 0.3 is 0 Å². The van der Waals surface area contributed by atoms with E-state index in [0.717, 1.165) is 15.7 Å². The molecule has 0 spiro atoms. The quantitative estimate of drug-likeness (QED) is 0.852. The van der Waals surface area contributed by atoms with Crippen LogP contribution < -0.4 is 5.32 Å². The van der Waals surface area contributed by atoms with E-state index >= 15 is 0 Å². The zero-order valence-corrected chi connectivity index (χ0v) is 15.4. The summed E-state index contributed by atoms with van der Waals surface area (Å²) in [5.74, 6) is -0.611. The Morgan fingerprint density at radius 2 is 1.88 bits per heavy atom. The van der Waals surface area contributed by atoms with Crippen LogP contribution in [0.3, 0.4) is 0 Å². The van der Waals surface area contributed by atoms with Crippen molar-refractivity contribution in [3.8, 4) is 0 Å². The van der Waals surface area contributed by atoms with E-state index in [0.29, 0.717) is 12.1 Å². The Morgan fingerprint density at radius 3 is 2.56 bits per heavy atom. The van der Waals surface area contributed by atoms with Gasteiger partial charge in [-0.25, -0.2) is 5.01 Å². The van der Waals surface area contributed by atoms with Crippen LogP contribution in [0.4, 0.5) is 5.69 Å². The van der Waals surface area contributed by atoms with Gasteiger partial charge in [-0.2, -0.15) is 5.10 Å². The van der Waals surface area contributed by atoms with Gasteiger partial charge in [0, 0.05) is 22.5 Å². The molecule has 1 N–H and O–H groups in total. The lowest BCUT2D eigenvalue weighted by atomic mass is 9.96. The Labute approximate surface area is 154 Å². The summed E-state index contributed by atoms with van der Waals surface area (Å²) in [6.07, 6.45) is 0.577. The molecule has 1 aliphatic rings. The monoisotopic (exact) mass is 399 g/mol. The first-order chi connectivity index (χ1) is 12.0. The Morgan fingerprint density at radius 1 is 1.20 bits per heavy atom. The van der Waals surface area contributed by atoms with Gasteiger partial charge in [0.1, 0.15) is 6.54 Å². The molecule has 0 bridgehead atoms. The molecule has 1 atom stereocenters. The number of hydrogen-bond acceptors (Lipinski definition) is 3. The zero-order chi connectivity index (χ0) is 17.8. The number of anilines is 1. The van der Waals surface area contributed by atoms with Crippen molar-refractivity contribution in [1.82, 2.24) is 5.01 Å². The standard InChI is InChI=1S/C19H18BrN3O2/c1-13-11-17(14-5-3-2-4-6-14)22-23(19(13)25)12-18(24)21-16-9-7-15(20)8-10-16/h2-10,13H,11-12H2,1H3,(H,21,24)/t13-/m0/s1. The van der Waals surface area contributed by atoms with Gasteiger partial charge in [0.25, 0.3) is 0 Å². The number of carbonyl (C=O) groups excluding carboxylic acids is 2. The molecule has 128 valence electrons. The minimum atomic E-state index is -0.277. The molecule has 5 nitrogen and oxygen atoms in total. The summed E-state index contributed by atoms with van der Waals surface area (Å²) in [4.78, 5) is 24.6. The van der Waals surface area contributed by atoms with Gasteiger partial charge < -0.3 is 5.32 Å². The minimum Gasteiger partial charge on any atom is -0.324 e. The molecule has 3 rings (SSSR count). The van der Waals surface area contributed by atoms with Gasteiger partial charge in [-0.15, -0.1) is 0 Å². The summed E-state index contributed by atoms with van der Waals surface area (Å²) >= 11 is 3.35. The molecule has 0 aliphatic carbocycles. The van der Waals surface area contributed by atoms with Crippen LogP contribution in [0.2, 0.25) is 0 Å². The van der Waals surface area contributed by atoms with E-state index in [9.17, 15) is 9.59 Å². The number of nitrogens with zero attached hydrogens (tertiary/aromatic N) is 2. The minimum absolute atomic E-state index is 0.102. The second kappa shape index (κ2) is 7.61. The van der Waals surface area contributed by atoms with E-state index in [1.54, 1.807) is 12.1 Å². The number of rotatable bonds is 4. The van der Waals surface area contributed by atoms with Crippen LogP contribution in [0, 0.1) is 5.92 Å². The van der Waals surface area contributed by atoms with Crippen molar-refractivity contribution in [1.29, 1.82) is 0 Å². The number of benzene rings is 2. The molecule has 6 heteroatoms. The molecule has 0 aromatic heterocycles. The maximum absolute atomic E-state index is 12.4. The number of carbonyl (C=O) groups is 2. The first-order valence-corrected chi connectivity index (χ1v) is 8.82. The van der Waals surface area contributed by atoms with E-state index in [1.165, 1.54) is 5.01 Å². The van der Waals surface area contributed by atoms with Crippen LogP contribution in [0.15, 0.2) is 64.2 Å². The van der Waals surface area contributed by atoms with Crippen LogP contribution in [0.1, 0.15) is 18.9 Å². The second-order valence-electron chi connectivity index (χ2n) is 5.97. The Hall–Kier alpha value is -2.47. The van der Waals surface area contributed by atoms with Crippen LogP contribution in [0.25, 0.3) is 0 Å². The summed E-state index contributed by atoms with van der Waals surface area (Å²) in [6.45, 7) is 1.76. The molecule has 0 saturated carbocycles. The first kappa shape index (κ1) is 17.4. The molecular weight excluding hydrogens is 382 g/mol. The lowest BCUT2D eigenvalue weighted by molar-refractivity contribution is -0.138. The lowest BCUT2D eigenvalue weighted by Gasteiger charge is -2.27. The summed E-state index contributed by atoms with van der Waals surface area (Å²) < 4.78 is 0.933. The number of halogens is 1. The third-order valence-electron chi connectivity index (χ3n) is 3.95. The third-order valence-corrected chi connectivity index (χ3v) is 4.47. The molecular formula is C19H18BrN3O2. The predicted molar refractivity (Wildman–Crippen MR) is 101 cm³/mol. The molecule has 1 heterocycles. The normalized spacial score (nSPS) is 17.2. The summed E-state index contributed by atoms with van der Waals surface area (Å²) in [7, 11) is 0. The first-order valence-electron chi connectivity index (χ1n) is 8.02. The Balaban J connectivity index is 1.74. The van der Waals surface area contributed by atoms with Gasteiger partial charge in [0.05, 0.1) is 5.71 Å². The fraction of sp³-hybridized carbons (Fsp3) is 0.211. The van der Waals surface area contributed by atoms with E-state index < -0.39 is 0 Å². The smallest absolute Gasteiger partial charge is 0.246 e. The summed E-state index contributed by atoms with van der Waals surface area (Å²) in [5, 5.41) is 8.46. The Bertz CT molecular complexity index is 803. The molecule has 0 radical (unpaired) electrons. The average molecular weight is 400 g/mol. The Kier molecular flexibility index (Phi) is 5.28. The van der Waals surface area contributed by atoms with Crippen molar-refractivity contribution in [2.45, 2.75) is 13.3 Å². The molecule has 0 unspecified atom stereocenters. The lowest BCUT2D eigenvalue weighted by Crippen LogP contribution is -2.41. The highest BCUT2D eigenvalue weighted by atomic mass is 79.9. The molecule has 1 aliphatic heterocycles. The fourth-order valence-corrected chi connectivity index (χ4v) is 2.92. The summed E-state index contributed by atoms with van der Waals surface area (Å²) in [6, 6.07) is 17.0. The van der Waals surface area contributed by atoms with Gasteiger partial charge in [-0.3, -0.25) is 9.59 Å².